The summed E-state index contributed by atoms with van der Waals surface area (Å²) in [6, 6.07) is 7.02. The Morgan fingerprint density at radius 2 is 2.04 bits per heavy atom. The molecule has 3 aromatic heterocycles. The van der Waals surface area contributed by atoms with E-state index in [2.05, 4.69) is 20.6 Å². The van der Waals surface area contributed by atoms with Crippen LogP contribution in [0.1, 0.15) is 26.5 Å². The molecule has 0 aromatic carbocycles. The highest BCUT2D eigenvalue weighted by Crippen LogP contribution is 2.20. The Labute approximate surface area is 143 Å². The smallest absolute Gasteiger partial charge is 0.413 e. The molecule has 0 radical (unpaired) electrons. The summed E-state index contributed by atoms with van der Waals surface area (Å²) in [5.41, 5.74) is 1.87. The van der Waals surface area contributed by atoms with Crippen LogP contribution in [0.5, 0.6) is 0 Å². The zero-order valence-electron chi connectivity index (χ0n) is 14.5. The highest BCUT2D eigenvalue weighted by molar-refractivity contribution is 5.85. The topological polar surface area (TPSA) is 101 Å². The van der Waals surface area contributed by atoms with Crippen LogP contribution in [-0.4, -0.2) is 31.5 Å². The quantitative estimate of drug-likeness (QED) is 0.746. The zero-order valence-corrected chi connectivity index (χ0v) is 14.5. The molecule has 0 bridgehead atoms. The van der Waals surface area contributed by atoms with Crippen LogP contribution in [0.4, 0.5) is 10.6 Å². The molecule has 3 heterocycles. The number of rotatable bonds is 2. The lowest BCUT2D eigenvalue weighted by atomic mass is 10.1. The Morgan fingerprint density at radius 3 is 2.76 bits per heavy atom. The van der Waals surface area contributed by atoms with Crippen LogP contribution in [0.25, 0.3) is 16.6 Å². The Bertz CT molecular complexity index is 997. The largest absolute Gasteiger partial charge is 0.444 e. The predicted molar refractivity (Wildman–Crippen MR) is 93.6 cm³/mol. The van der Waals surface area contributed by atoms with Gasteiger partial charge in [-0.25, -0.2) is 14.4 Å². The van der Waals surface area contributed by atoms with E-state index in [4.69, 9.17) is 4.74 Å². The van der Waals surface area contributed by atoms with E-state index in [0.717, 1.165) is 16.8 Å². The third-order valence-corrected chi connectivity index (χ3v) is 3.33. The van der Waals surface area contributed by atoms with Crippen molar-refractivity contribution in [2.45, 2.75) is 33.3 Å². The summed E-state index contributed by atoms with van der Waals surface area (Å²) in [6.07, 6.45) is 1.15. The van der Waals surface area contributed by atoms with Gasteiger partial charge in [-0.3, -0.25) is 10.1 Å². The summed E-state index contributed by atoms with van der Waals surface area (Å²) < 4.78 is 6.82. The average molecular weight is 341 g/mol. The molecule has 130 valence electrons. The second-order valence-electron chi connectivity index (χ2n) is 6.69. The molecular formula is C17H19N5O3. The fourth-order valence-electron chi connectivity index (χ4n) is 2.35. The molecule has 0 aliphatic rings. The van der Waals surface area contributed by atoms with Gasteiger partial charge in [-0.15, -0.1) is 5.10 Å². The number of carbonyl (C=O) groups is 1. The summed E-state index contributed by atoms with van der Waals surface area (Å²) >= 11 is 0. The molecule has 0 atom stereocenters. The lowest BCUT2D eigenvalue weighted by Crippen LogP contribution is -2.27. The number of ether oxygens (including phenoxy) is 1. The molecule has 0 saturated carbocycles. The van der Waals surface area contributed by atoms with Gasteiger partial charge >= 0.3 is 6.09 Å². The summed E-state index contributed by atoms with van der Waals surface area (Å²) in [6.45, 7) is 7.17. The maximum absolute atomic E-state index is 12.0. The van der Waals surface area contributed by atoms with E-state index < -0.39 is 11.7 Å². The van der Waals surface area contributed by atoms with Gasteiger partial charge in [-0.1, -0.05) is 0 Å². The van der Waals surface area contributed by atoms with Gasteiger partial charge in [0, 0.05) is 12.3 Å². The number of pyridine rings is 1. The maximum atomic E-state index is 12.0. The number of anilines is 1. The van der Waals surface area contributed by atoms with Gasteiger partial charge in [0.1, 0.15) is 5.60 Å². The number of aromatic amines is 1. The molecule has 1 amide bonds. The Morgan fingerprint density at radius 1 is 1.28 bits per heavy atom. The molecule has 0 aliphatic heterocycles. The first-order valence-electron chi connectivity index (χ1n) is 7.77. The molecule has 25 heavy (non-hydrogen) atoms. The zero-order chi connectivity index (χ0) is 18.2. The SMILES string of the molecule is Cc1cc(-c2ccn3nc(NC(=O)OC(C)(C)C)cc3c2)c(=O)[nH]n1. The fraction of sp³-hybridized carbons (Fsp3) is 0.294. The fourth-order valence-corrected chi connectivity index (χ4v) is 2.35. The van der Waals surface area contributed by atoms with Gasteiger partial charge in [0.25, 0.3) is 5.56 Å². The van der Waals surface area contributed by atoms with Crippen LogP contribution in [-0.2, 0) is 4.74 Å². The van der Waals surface area contributed by atoms with Gasteiger partial charge in [0.05, 0.1) is 16.8 Å². The van der Waals surface area contributed by atoms with Crippen LogP contribution in [0.2, 0.25) is 0 Å². The highest BCUT2D eigenvalue weighted by atomic mass is 16.6. The first-order chi connectivity index (χ1) is 11.7. The van der Waals surface area contributed by atoms with Crippen LogP contribution >= 0.6 is 0 Å². The average Bonchev–Trinajstić information content (AvgIpc) is 2.88. The van der Waals surface area contributed by atoms with E-state index in [-0.39, 0.29) is 5.56 Å². The second-order valence-corrected chi connectivity index (χ2v) is 6.69. The van der Waals surface area contributed by atoms with Crippen molar-refractivity contribution in [3.8, 4) is 11.1 Å². The van der Waals surface area contributed by atoms with Crippen molar-refractivity contribution >= 4 is 17.4 Å². The minimum atomic E-state index is -0.587. The predicted octanol–water partition coefficient (Wildman–Crippen LogP) is 2.74. The Balaban J connectivity index is 1.91. The number of hydrogen-bond acceptors (Lipinski definition) is 5. The first-order valence-corrected chi connectivity index (χ1v) is 7.77. The molecule has 0 unspecified atom stereocenters. The second kappa shape index (κ2) is 6.04. The first kappa shape index (κ1) is 16.7. The number of carbonyl (C=O) groups excluding carboxylic acids is 1. The minimum Gasteiger partial charge on any atom is -0.444 e. The third kappa shape index (κ3) is 3.85. The highest BCUT2D eigenvalue weighted by Gasteiger charge is 2.17. The van der Waals surface area contributed by atoms with E-state index in [0.29, 0.717) is 11.4 Å². The summed E-state index contributed by atoms with van der Waals surface area (Å²) in [5.74, 6) is 0.367. The van der Waals surface area contributed by atoms with Crippen LogP contribution < -0.4 is 10.9 Å². The van der Waals surface area contributed by atoms with Crippen LogP contribution in [0.15, 0.2) is 35.3 Å². The van der Waals surface area contributed by atoms with Gasteiger partial charge in [-0.2, -0.15) is 5.10 Å². The van der Waals surface area contributed by atoms with Gasteiger partial charge < -0.3 is 4.74 Å². The van der Waals surface area contributed by atoms with Gasteiger partial charge in [0.15, 0.2) is 5.82 Å². The van der Waals surface area contributed by atoms with Crippen LogP contribution in [0, 0.1) is 6.92 Å². The van der Waals surface area contributed by atoms with Crippen molar-refractivity contribution in [3.05, 3.63) is 46.5 Å². The molecule has 8 heteroatoms. The monoisotopic (exact) mass is 341 g/mol. The number of fused-ring (bicyclic) bond motifs is 1. The van der Waals surface area contributed by atoms with E-state index in [1.807, 2.05) is 6.07 Å². The summed E-state index contributed by atoms with van der Waals surface area (Å²) in [7, 11) is 0. The molecular weight excluding hydrogens is 322 g/mol. The van der Waals surface area contributed by atoms with Crippen molar-refractivity contribution in [2.75, 3.05) is 5.32 Å². The van der Waals surface area contributed by atoms with Crippen molar-refractivity contribution < 1.29 is 9.53 Å². The number of H-pyrrole nitrogens is 1. The van der Waals surface area contributed by atoms with E-state index >= 15 is 0 Å². The summed E-state index contributed by atoms with van der Waals surface area (Å²) in [4.78, 5) is 23.8. The van der Waals surface area contributed by atoms with E-state index in [1.165, 1.54) is 0 Å². The normalized spacial score (nSPS) is 11.5. The Kier molecular flexibility index (Phi) is 4.03. The molecule has 0 aliphatic carbocycles. The van der Waals surface area contributed by atoms with Crippen molar-refractivity contribution in [3.63, 3.8) is 0 Å². The molecule has 3 rings (SSSR count). The molecule has 0 saturated heterocycles. The number of aryl methyl sites for hydroxylation is 1. The number of nitrogens with one attached hydrogen (secondary N) is 2. The standard InChI is InChI=1S/C17H19N5O3/c1-10-7-13(15(23)20-19-10)11-5-6-22-12(8-11)9-14(21-22)18-16(24)25-17(2,3)4/h5-9H,1-4H3,(H,20,23)(H,18,21,24). The van der Waals surface area contributed by atoms with Gasteiger partial charge in [-0.05, 0) is 51.5 Å². The molecule has 0 spiro atoms. The lowest BCUT2D eigenvalue weighted by Gasteiger charge is -2.18. The maximum Gasteiger partial charge on any atom is 0.413 e. The van der Waals surface area contributed by atoms with Crippen LogP contribution in [0.3, 0.4) is 0 Å². The van der Waals surface area contributed by atoms with Crippen molar-refractivity contribution in [1.29, 1.82) is 0 Å². The minimum absolute atomic E-state index is 0.262. The van der Waals surface area contributed by atoms with Crippen molar-refractivity contribution in [2.24, 2.45) is 0 Å². The molecule has 2 N–H and O–H groups in total. The Hall–Kier alpha value is -3.16. The molecule has 8 nitrogen and oxygen atoms in total. The van der Waals surface area contributed by atoms with Gasteiger partial charge in [0.2, 0.25) is 0 Å². The third-order valence-electron chi connectivity index (χ3n) is 3.33. The van der Waals surface area contributed by atoms with E-state index in [1.54, 1.807) is 56.6 Å². The number of hydrogen-bond donors (Lipinski definition) is 2. The molecule has 0 fully saturated rings. The summed E-state index contributed by atoms with van der Waals surface area (Å²) in [5, 5.41) is 13.2. The number of amides is 1. The number of aromatic nitrogens is 4. The van der Waals surface area contributed by atoms with Crippen molar-refractivity contribution in [1.82, 2.24) is 19.8 Å². The number of nitrogens with zero attached hydrogens (tertiary/aromatic N) is 3. The van der Waals surface area contributed by atoms with E-state index in [9.17, 15) is 9.59 Å². The molecule has 3 aromatic rings. The lowest BCUT2D eigenvalue weighted by molar-refractivity contribution is 0.0635.